The molecular weight excluding hydrogens is 552 g/mol. The van der Waals surface area contributed by atoms with E-state index in [1.54, 1.807) is 0 Å². The van der Waals surface area contributed by atoms with Gasteiger partial charge >= 0.3 is 0 Å². The summed E-state index contributed by atoms with van der Waals surface area (Å²) in [5.41, 5.74) is -0.0755. The largest absolute Gasteiger partial charge is 0.394 e. The van der Waals surface area contributed by atoms with E-state index in [9.17, 15) is 40.4 Å². The molecule has 1 aromatic rings. The number of nitrogens with zero attached hydrogens (tertiary/aromatic N) is 1. The molecule has 0 aliphatic heterocycles. The Morgan fingerprint density at radius 2 is 1.77 bits per heavy atom. The van der Waals surface area contributed by atoms with Gasteiger partial charge in [0.1, 0.15) is 6.10 Å². The fourth-order valence-corrected chi connectivity index (χ4v) is 10.2. The summed E-state index contributed by atoms with van der Waals surface area (Å²) in [6.07, 6.45) is 4.08. The zero-order valence-electron chi connectivity index (χ0n) is 25.6. The van der Waals surface area contributed by atoms with E-state index in [1.165, 1.54) is 24.3 Å². The topological polar surface area (TPSA) is 173 Å². The Morgan fingerprint density at radius 3 is 2.42 bits per heavy atom. The molecule has 4 fully saturated rings. The number of aliphatic hydroxyl groups excluding tert-OH is 5. The molecule has 0 unspecified atom stereocenters. The number of aliphatic hydroxyl groups is 5. The number of nitro groups is 1. The van der Waals surface area contributed by atoms with Crippen molar-refractivity contribution in [2.24, 2.45) is 46.3 Å². The lowest BCUT2D eigenvalue weighted by molar-refractivity contribution is -0.384. The van der Waals surface area contributed by atoms with Gasteiger partial charge in [-0.25, -0.2) is 0 Å². The first-order chi connectivity index (χ1) is 20.3. The minimum atomic E-state index is -1.22. The van der Waals surface area contributed by atoms with E-state index in [-0.39, 0.29) is 70.5 Å². The van der Waals surface area contributed by atoms with Crippen molar-refractivity contribution in [1.82, 2.24) is 5.32 Å². The molecule has 0 aromatic heterocycles. The minimum Gasteiger partial charge on any atom is -0.394 e. The third-order valence-corrected chi connectivity index (χ3v) is 12.7. The highest BCUT2D eigenvalue weighted by Crippen LogP contribution is 2.68. The summed E-state index contributed by atoms with van der Waals surface area (Å²) in [6, 6.07) is 4.43. The van der Waals surface area contributed by atoms with Crippen molar-refractivity contribution in [2.75, 3.05) is 6.61 Å². The molecule has 10 heteroatoms. The Hall–Kier alpha value is -2.11. The molecule has 1 aromatic carbocycles. The predicted molar refractivity (Wildman–Crippen MR) is 159 cm³/mol. The Kier molecular flexibility index (Phi) is 9.27. The van der Waals surface area contributed by atoms with E-state index in [0.717, 1.165) is 38.5 Å². The average Bonchev–Trinajstić information content (AvgIpc) is 3.34. The van der Waals surface area contributed by atoms with Crippen LogP contribution >= 0.6 is 0 Å². The second kappa shape index (κ2) is 12.4. The molecule has 6 N–H and O–H groups in total. The maximum atomic E-state index is 12.9. The lowest BCUT2D eigenvalue weighted by Gasteiger charge is -2.63. The number of carbonyl (C=O) groups excluding carboxylic acids is 1. The van der Waals surface area contributed by atoms with Crippen molar-refractivity contribution < 1.29 is 35.3 Å². The molecule has 0 spiro atoms. The quantitative estimate of drug-likeness (QED) is 0.184. The second-order valence-corrected chi connectivity index (χ2v) is 14.7. The van der Waals surface area contributed by atoms with Gasteiger partial charge in [0, 0.05) is 18.6 Å². The first-order valence-electron chi connectivity index (χ1n) is 16.2. The summed E-state index contributed by atoms with van der Waals surface area (Å²) in [6.45, 7) is 6.17. The fraction of sp³-hybridized carbons (Fsp3) is 0.788. The van der Waals surface area contributed by atoms with Gasteiger partial charge in [0.15, 0.2) is 0 Å². The van der Waals surface area contributed by atoms with Crippen LogP contribution in [0.1, 0.15) is 90.2 Å². The van der Waals surface area contributed by atoms with E-state index in [0.29, 0.717) is 18.4 Å². The molecule has 4 saturated carbocycles. The maximum Gasteiger partial charge on any atom is 0.269 e. The normalized spacial score (nSPS) is 40.8. The Bertz CT molecular complexity index is 1160. The maximum absolute atomic E-state index is 12.9. The molecule has 0 radical (unpaired) electrons. The van der Waals surface area contributed by atoms with Gasteiger partial charge in [0.25, 0.3) is 5.69 Å². The van der Waals surface area contributed by atoms with Crippen molar-refractivity contribution in [2.45, 2.75) is 109 Å². The molecule has 1 amide bonds. The summed E-state index contributed by atoms with van der Waals surface area (Å²) < 4.78 is 0. The van der Waals surface area contributed by atoms with Crippen LogP contribution in [0.15, 0.2) is 24.3 Å². The van der Waals surface area contributed by atoms with Gasteiger partial charge in [0.05, 0.1) is 35.9 Å². The number of rotatable bonds is 9. The van der Waals surface area contributed by atoms with Crippen LogP contribution in [0, 0.1) is 56.5 Å². The van der Waals surface area contributed by atoms with Gasteiger partial charge in [-0.2, -0.15) is 0 Å². The van der Waals surface area contributed by atoms with E-state index < -0.39 is 35.9 Å². The minimum absolute atomic E-state index is 0.0233. The lowest BCUT2D eigenvalue weighted by atomic mass is 9.43. The van der Waals surface area contributed by atoms with Crippen LogP contribution < -0.4 is 5.32 Å². The third kappa shape index (κ3) is 5.74. The molecule has 4 aliphatic rings. The zero-order valence-corrected chi connectivity index (χ0v) is 25.6. The van der Waals surface area contributed by atoms with Crippen molar-refractivity contribution in [3.8, 4) is 0 Å². The van der Waals surface area contributed by atoms with Gasteiger partial charge in [-0.1, -0.05) is 20.8 Å². The molecule has 0 saturated heterocycles. The zero-order chi connectivity index (χ0) is 31.3. The lowest BCUT2D eigenvalue weighted by Crippen LogP contribution is -2.62. The summed E-state index contributed by atoms with van der Waals surface area (Å²) in [5.74, 6) is 0.908. The summed E-state index contributed by atoms with van der Waals surface area (Å²) >= 11 is 0. The van der Waals surface area contributed by atoms with Crippen LogP contribution in [0.25, 0.3) is 0 Å². The Morgan fingerprint density at radius 1 is 1.07 bits per heavy atom. The van der Waals surface area contributed by atoms with Crippen molar-refractivity contribution in [3.63, 3.8) is 0 Å². The summed E-state index contributed by atoms with van der Waals surface area (Å²) in [7, 11) is 0. The van der Waals surface area contributed by atoms with Crippen molar-refractivity contribution >= 4 is 11.6 Å². The van der Waals surface area contributed by atoms with Gasteiger partial charge in [-0.05, 0) is 115 Å². The third-order valence-electron chi connectivity index (χ3n) is 12.7. The van der Waals surface area contributed by atoms with Gasteiger partial charge in [-0.3, -0.25) is 14.9 Å². The molecular formula is C33H50N2O8. The van der Waals surface area contributed by atoms with E-state index >= 15 is 0 Å². The highest BCUT2D eigenvalue weighted by atomic mass is 16.6. The van der Waals surface area contributed by atoms with Crippen LogP contribution in [0.3, 0.4) is 0 Å². The summed E-state index contributed by atoms with van der Waals surface area (Å²) in [4.78, 5) is 23.3. The van der Waals surface area contributed by atoms with Crippen molar-refractivity contribution in [3.05, 3.63) is 39.9 Å². The highest BCUT2D eigenvalue weighted by molar-refractivity contribution is 5.76. The summed E-state index contributed by atoms with van der Waals surface area (Å²) in [5, 5.41) is 67.8. The van der Waals surface area contributed by atoms with Gasteiger partial charge < -0.3 is 30.8 Å². The first-order valence-corrected chi connectivity index (χ1v) is 16.2. The van der Waals surface area contributed by atoms with Gasteiger partial charge in [0.2, 0.25) is 5.91 Å². The average molecular weight is 603 g/mol. The van der Waals surface area contributed by atoms with E-state index in [1.807, 2.05) is 0 Å². The number of benzene rings is 1. The molecule has 13 atom stereocenters. The monoisotopic (exact) mass is 602 g/mol. The number of hydrogen-bond donors (Lipinski definition) is 6. The van der Waals surface area contributed by atoms with Crippen molar-refractivity contribution in [1.29, 1.82) is 0 Å². The number of carbonyl (C=O) groups is 1. The second-order valence-electron chi connectivity index (χ2n) is 14.7. The Balaban J connectivity index is 1.21. The number of amides is 1. The van der Waals surface area contributed by atoms with E-state index in [2.05, 4.69) is 26.1 Å². The molecule has 10 nitrogen and oxygen atoms in total. The highest BCUT2D eigenvalue weighted by Gasteiger charge is 2.65. The number of non-ortho nitro benzene ring substituents is 1. The molecule has 240 valence electrons. The predicted octanol–water partition coefficient (Wildman–Crippen LogP) is 3.48. The smallest absolute Gasteiger partial charge is 0.269 e. The number of nitrogens with one attached hydrogen (secondary N) is 1. The molecule has 0 bridgehead atoms. The van der Waals surface area contributed by atoms with Crippen LogP contribution in [0.4, 0.5) is 5.69 Å². The number of hydrogen-bond acceptors (Lipinski definition) is 8. The van der Waals surface area contributed by atoms with Gasteiger partial charge in [-0.15, -0.1) is 0 Å². The first kappa shape index (κ1) is 32.3. The van der Waals surface area contributed by atoms with Crippen LogP contribution in [-0.2, 0) is 4.79 Å². The number of nitro benzene ring substituents is 1. The fourth-order valence-electron chi connectivity index (χ4n) is 10.2. The Labute approximate surface area is 254 Å². The molecule has 0 heterocycles. The number of fused-ring (bicyclic) bond motifs is 5. The van der Waals surface area contributed by atoms with E-state index in [4.69, 9.17) is 0 Å². The standard InChI is InChI=1S/C33H50N2O8/c1-18(4-11-29(40)34-26(17-36)31(41)19-5-7-21(8-6-19)35(42)43)23-9-10-24-30-25(16-28(39)33(23,24)3)32(2)13-12-22(37)14-20(32)15-27(30)38/h5-8,18,20,22-28,30-31,36-39,41H,4,9-17H2,1-3H3,(H,34,40)/t18-,20+,22-,23-,24+,25+,26+,27-,28+,30+,31+,32+,33-/m1/s1. The van der Waals surface area contributed by atoms with Crippen LogP contribution in [-0.4, -0.2) is 67.3 Å². The SMILES string of the molecule is C[C@H](CCC(=O)N[C@@H](CO)[C@@H](O)c1ccc([N+](=O)[O-])cc1)[C@H]1CC[C@H]2[C@@H]3[C@H](O)C[C@@H]4C[C@H](O)CC[C@]4(C)[C@H]3C[C@H](O)[C@]12C. The molecule has 4 aliphatic carbocycles. The van der Waals surface area contributed by atoms with Crippen LogP contribution in [0.5, 0.6) is 0 Å². The molecule has 5 rings (SSSR count). The van der Waals surface area contributed by atoms with Crippen LogP contribution in [0.2, 0.25) is 0 Å². The molecule has 43 heavy (non-hydrogen) atoms.